The van der Waals surface area contributed by atoms with Crippen LogP contribution >= 0.6 is 11.3 Å². The van der Waals surface area contributed by atoms with Gasteiger partial charge >= 0.3 is 6.03 Å². The minimum absolute atomic E-state index is 0.0943. The molecule has 3 rings (SSSR count). The van der Waals surface area contributed by atoms with E-state index in [-0.39, 0.29) is 12.1 Å². The molecule has 1 heterocycles. The number of carbonyl (C=O) groups is 1. The van der Waals surface area contributed by atoms with Crippen LogP contribution in [0.15, 0.2) is 0 Å². The molecular formula is C17H27N3O2S. The Morgan fingerprint density at radius 2 is 2.22 bits per heavy atom. The van der Waals surface area contributed by atoms with E-state index >= 15 is 0 Å². The first kappa shape index (κ1) is 16.7. The Labute approximate surface area is 142 Å². The van der Waals surface area contributed by atoms with Crippen LogP contribution in [-0.4, -0.2) is 47.3 Å². The summed E-state index contributed by atoms with van der Waals surface area (Å²) in [5, 5.41) is 14.0. The van der Waals surface area contributed by atoms with E-state index in [4.69, 9.17) is 4.98 Å². The molecule has 2 aliphatic rings. The third-order valence-electron chi connectivity index (χ3n) is 4.71. The Kier molecular flexibility index (Phi) is 5.54. The molecule has 6 heteroatoms. The third-order valence-corrected chi connectivity index (χ3v) is 5.92. The molecule has 128 valence electrons. The summed E-state index contributed by atoms with van der Waals surface area (Å²) >= 11 is 1.85. The molecule has 0 aliphatic heterocycles. The number of hydrogen-bond acceptors (Lipinski definition) is 4. The molecule has 23 heavy (non-hydrogen) atoms. The molecule has 0 radical (unpaired) electrons. The summed E-state index contributed by atoms with van der Waals surface area (Å²) in [6.45, 7) is 1.09. The minimum atomic E-state index is -0.368. The first-order valence-corrected chi connectivity index (χ1v) is 9.59. The van der Waals surface area contributed by atoms with Crippen molar-refractivity contribution in [3.8, 4) is 0 Å². The van der Waals surface area contributed by atoms with Gasteiger partial charge in [-0.2, -0.15) is 0 Å². The normalized spacial score (nSPS) is 18.3. The van der Waals surface area contributed by atoms with Crippen LogP contribution < -0.4 is 5.32 Å². The van der Waals surface area contributed by atoms with Crippen molar-refractivity contribution in [1.29, 1.82) is 0 Å². The fourth-order valence-corrected chi connectivity index (χ4v) is 4.27. The SMILES string of the molecule is CN(CC(O)C1CC1)C(=O)NCCCc1nc2c(s1)CCCC2. The number of likely N-dealkylation sites (N-methyl/N-ethyl adjacent to an activating group) is 1. The highest BCUT2D eigenvalue weighted by molar-refractivity contribution is 7.11. The zero-order valence-corrected chi connectivity index (χ0v) is 14.7. The second-order valence-corrected chi connectivity index (χ2v) is 7.97. The van der Waals surface area contributed by atoms with Crippen molar-refractivity contribution in [2.45, 2.75) is 57.5 Å². The maximum absolute atomic E-state index is 12.0. The van der Waals surface area contributed by atoms with Crippen molar-refractivity contribution in [3.05, 3.63) is 15.6 Å². The summed E-state index contributed by atoms with van der Waals surface area (Å²) in [5.74, 6) is 0.404. The van der Waals surface area contributed by atoms with E-state index in [2.05, 4.69) is 5.32 Å². The van der Waals surface area contributed by atoms with E-state index in [1.807, 2.05) is 11.3 Å². The molecule has 1 fully saturated rings. The molecule has 1 unspecified atom stereocenters. The highest BCUT2D eigenvalue weighted by Gasteiger charge is 2.31. The van der Waals surface area contributed by atoms with Crippen molar-refractivity contribution in [1.82, 2.24) is 15.2 Å². The third kappa shape index (κ3) is 4.67. The molecule has 1 aromatic heterocycles. The largest absolute Gasteiger partial charge is 0.391 e. The van der Waals surface area contributed by atoms with E-state index in [1.165, 1.54) is 34.8 Å². The lowest BCUT2D eigenvalue weighted by atomic mass is 10.0. The lowest BCUT2D eigenvalue weighted by molar-refractivity contribution is 0.113. The molecule has 1 aromatic rings. The molecule has 0 aromatic carbocycles. The number of nitrogens with zero attached hydrogens (tertiary/aromatic N) is 2. The summed E-state index contributed by atoms with van der Waals surface area (Å²) in [6, 6.07) is -0.0943. The number of aliphatic hydroxyl groups excluding tert-OH is 1. The van der Waals surface area contributed by atoms with Crippen molar-refractivity contribution >= 4 is 17.4 Å². The Hall–Kier alpha value is -1.14. The van der Waals surface area contributed by atoms with Crippen molar-refractivity contribution in [3.63, 3.8) is 0 Å². The Bertz CT molecular complexity index is 518. The quantitative estimate of drug-likeness (QED) is 0.751. The molecule has 2 N–H and O–H groups in total. The minimum Gasteiger partial charge on any atom is -0.391 e. The van der Waals surface area contributed by atoms with Gasteiger partial charge in [0.1, 0.15) is 0 Å². The standard InChI is InChI=1S/C17H27N3O2S/c1-20(11-14(21)12-8-9-12)17(22)18-10-4-7-16-19-13-5-2-3-6-15(13)23-16/h12,14,21H,2-11H2,1H3,(H,18,22). The highest BCUT2D eigenvalue weighted by Crippen LogP contribution is 2.32. The lowest BCUT2D eigenvalue weighted by Crippen LogP contribution is -2.42. The number of aryl methyl sites for hydroxylation is 3. The molecule has 1 saturated carbocycles. The molecule has 2 amide bonds. The zero-order valence-electron chi connectivity index (χ0n) is 13.9. The van der Waals surface area contributed by atoms with Gasteiger partial charge in [-0.05, 0) is 50.9 Å². The summed E-state index contributed by atoms with van der Waals surface area (Å²) in [6.07, 6.45) is 8.56. The fourth-order valence-electron chi connectivity index (χ4n) is 3.08. The molecular weight excluding hydrogens is 310 g/mol. The van der Waals surface area contributed by atoms with E-state index in [9.17, 15) is 9.90 Å². The average molecular weight is 337 g/mol. The van der Waals surface area contributed by atoms with Gasteiger partial charge in [0.05, 0.1) is 16.8 Å². The topological polar surface area (TPSA) is 65.5 Å². The molecule has 2 aliphatic carbocycles. The van der Waals surface area contributed by atoms with Gasteiger partial charge in [-0.25, -0.2) is 9.78 Å². The lowest BCUT2D eigenvalue weighted by Gasteiger charge is -2.21. The van der Waals surface area contributed by atoms with Crippen LogP contribution in [0.4, 0.5) is 4.79 Å². The monoisotopic (exact) mass is 337 g/mol. The van der Waals surface area contributed by atoms with Crippen molar-refractivity contribution in [2.75, 3.05) is 20.1 Å². The summed E-state index contributed by atoms with van der Waals surface area (Å²) in [4.78, 5) is 19.8. The van der Waals surface area contributed by atoms with Gasteiger partial charge in [-0.15, -0.1) is 11.3 Å². The van der Waals surface area contributed by atoms with Gasteiger partial charge in [0.15, 0.2) is 0 Å². The second-order valence-electron chi connectivity index (χ2n) is 6.81. The van der Waals surface area contributed by atoms with Gasteiger partial charge in [0.25, 0.3) is 0 Å². The molecule has 0 bridgehead atoms. The van der Waals surface area contributed by atoms with Crippen molar-refractivity contribution in [2.24, 2.45) is 5.92 Å². The predicted molar refractivity (Wildman–Crippen MR) is 91.8 cm³/mol. The van der Waals surface area contributed by atoms with Crippen LogP contribution in [0.3, 0.4) is 0 Å². The molecule has 0 spiro atoms. The van der Waals surface area contributed by atoms with E-state index in [0.29, 0.717) is 19.0 Å². The summed E-state index contributed by atoms with van der Waals surface area (Å²) < 4.78 is 0. The summed E-state index contributed by atoms with van der Waals surface area (Å²) in [7, 11) is 1.75. The van der Waals surface area contributed by atoms with Gasteiger partial charge in [0, 0.05) is 31.4 Å². The fraction of sp³-hybridized carbons (Fsp3) is 0.765. The maximum atomic E-state index is 12.0. The van der Waals surface area contributed by atoms with Gasteiger partial charge < -0.3 is 15.3 Å². The van der Waals surface area contributed by atoms with Crippen molar-refractivity contribution < 1.29 is 9.90 Å². The number of thiazole rings is 1. The highest BCUT2D eigenvalue weighted by atomic mass is 32.1. The van der Waals surface area contributed by atoms with Crippen LogP contribution in [0, 0.1) is 5.92 Å². The van der Waals surface area contributed by atoms with Crippen LogP contribution in [-0.2, 0) is 19.3 Å². The molecule has 5 nitrogen and oxygen atoms in total. The van der Waals surface area contributed by atoms with Gasteiger partial charge in [0.2, 0.25) is 0 Å². The van der Waals surface area contributed by atoms with Crippen LogP contribution in [0.1, 0.15) is 47.7 Å². The van der Waals surface area contributed by atoms with Crippen LogP contribution in [0.25, 0.3) is 0 Å². The number of aromatic nitrogens is 1. The Balaban J connectivity index is 1.34. The Morgan fingerprint density at radius 3 is 2.96 bits per heavy atom. The second kappa shape index (κ2) is 7.62. The van der Waals surface area contributed by atoms with Crippen LogP contribution in [0.2, 0.25) is 0 Å². The first-order chi connectivity index (χ1) is 11.1. The van der Waals surface area contributed by atoms with E-state index in [1.54, 1.807) is 11.9 Å². The molecule has 1 atom stereocenters. The Morgan fingerprint density at radius 1 is 1.43 bits per heavy atom. The number of carbonyl (C=O) groups excluding carboxylic acids is 1. The first-order valence-electron chi connectivity index (χ1n) is 8.78. The average Bonchev–Trinajstić information content (AvgIpc) is 3.31. The number of nitrogens with one attached hydrogen (secondary N) is 1. The number of urea groups is 1. The number of aliphatic hydroxyl groups is 1. The number of hydrogen-bond donors (Lipinski definition) is 2. The number of fused-ring (bicyclic) bond motifs is 1. The molecule has 0 saturated heterocycles. The van der Waals surface area contributed by atoms with Gasteiger partial charge in [-0.1, -0.05) is 0 Å². The smallest absolute Gasteiger partial charge is 0.317 e. The zero-order chi connectivity index (χ0) is 16.2. The van der Waals surface area contributed by atoms with Gasteiger partial charge in [-0.3, -0.25) is 0 Å². The van der Waals surface area contributed by atoms with Crippen LogP contribution in [0.5, 0.6) is 0 Å². The maximum Gasteiger partial charge on any atom is 0.317 e. The predicted octanol–water partition coefficient (Wildman–Crippen LogP) is 2.37. The number of amides is 2. The number of rotatable bonds is 7. The summed E-state index contributed by atoms with van der Waals surface area (Å²) in [5.41, 5.74) is 1.31. The van der Waals surface area contributed by atoms with E-state index in [0.717, 1.165) is 32.1 Å². The van der Waals surface area contributed by atoms with E-state index < -0.39 is 0 Å².